The van der Waals surface area contributed by atoms with Crippen LogP contribution in [0.1, 0.15) is 0 Å². The summed E-state index contributed by atoms with van der Waals surface area (Å²) in [4.78, 5) is 0. The number of para-hydroxylation sites is 1. The van der Waals surface area contributed by atoms with Gasteiger partial charge in [0.25, 0.3) is 0 Å². The first-order valence-corrected chi connectivity index (χ1v) is 6.71. The van der Waals surface area contributed by atoms with E-state index in [2.05, 4.69) is 43.8 Å². The van der Waals surface area contributed by atoms with Gasteiger partial charge in [-0.2, -0.15) is 0 Å². The smallest absolute Gasteiger partial charge is 0.139 e. The second-order valence-electron chi connectivity index (χ2n) is 3.46. The van der Waals surface area contributed by atoms with Gasteiger partial charge in [-0.05, 0) is 56.7 Å². The number of halogens is 3. The van der Waals surface area contributed by atoms with E-state index in [-0.39, 0.29) is 5.82 Å². The number of hydrogen-bond donors (Lipinski definition) is 2. The molecule has 0 heterocycles. The van der Waals surface area contributed by atoms with Gasteiger partial charge in [-0.15, -0.1) is 0 Å². The Labute approximate surface area is 121 Å². The lowest BCUT2D eigenvalue weighted by Crippen LogP contribution is -1.99. The highest BCUT2D eigenvalue weighted by atomic mass is 127. The Hall–Kier alpha value is -0.820. The standard InChI is InChI=1S/C12H9BrFIN2/c13-7-5-10(16)12(6-8(7)14)17-11-4-2-1-3-9(11)15/h1-6,17H,16H2. The molecule has 2 rings (SSSR count). The van der Waals surface area contributed by atoms with Crippen LogP contribution in [-0.4, -0.2) is 0 Å². The van der Waals surface area contributed by atoms with Crippen molar-refractivity contribution in [2.75, 3.05) is 11.1 Å². The van der Waals surface area contributed by atoms with Gasteiger partial charge in [0.1, 0.15) is 5.82 Å². The van der Waals surface area contributed by atoms with Crippen LogP contribution in [0.3, 0.4) is 0 Å². The predicted molar refractivity (Wildman–Crippen MR) is 81.0 cm³/mol. The summed E-state index contributed by atoms with van der Waals surface area (Å²) in [5.74, 6) is -0.340. The molecule has 0 saturated heterocycles. The van der Waals surface area contributed by atoms with Crippen LogP contribution in [0, 0.1) is 9.39 Å². The van der Waals surface area contributed by atoms with Crippen molar-refractivity contribution in [3.8, 4) is 0 Å². The lowest BCUT2D eigenvalue weighted by atomic mass is 10.2. The van der Waals surface area contributed by atoms with Crippen LogP contribution in [0.15, 0.2) is 40.9 Å². The molecule has 0 aliphatic carbocycles. The summed E-state index contributed by atoms with van der Waals surface area (Å²) in [7, 11) is 0. The third-order valence-corrected chi connectivity index (χ3v) is 3.78. The molecule has 0 aliphatic rings. The number of rotatable bonds is 2. The molecule has 0 fully saturated rings. The molecule has 0 bridgehead atoms. The SMILES string of the molecule is Nc1cc(Br)c(F)cc1Nc1ccccc1I. The van der Waals surface area contributed by atoms with E-state index in [0.29, 0.717) is 15.8 Å². The molecule has 0 amide bonds. The third kappa shape index (κ3) is 2.90. The number of nitrogens with one attached hydrogen (secondary N) is 1. The van der Waals surface area contributed by atoms with Crippen molar-refractivity contribution in [2.45, 2.75) is 0 Å². The first-order chi connectivity index (χ1) is 8.08. The molecule has 0 saturated carbocycles. The fraction of sp³-hybridized carbons (Fsp3) is 0. The highest BCUT2D eigenvalue weighted by Crippen LogP contribution is 2.30. The van der Waals surface area contributed by atoms with Crippen LogP contribution in [0.25, 0.3) is 0 Å². The summed E-state index contributed by atoms with van der Waals surface area (Å²) < 4.78 is 14.8. The Morgan fingerprint density at radius 2 is 1.88 bits per heavy atom. The lowest BCUT2D eigenvalue weighted by Gasteiger charge is -2.11. The summed E-state index contributed by atoms with van der Waals surface area (Å²) in [5, 5.41) is 3.12. The van der Waals surface area contributed by atoms with Crippen LogP contribution in [0.4, 0.5) is 21.5 Å². The van der Waals surface area contributed by atoms with E-state index in [0.717, 1.165) is 9.26 Å². The Morgan fingerprint density at radius 3 is 2.59 bits per heavy atom. The quantitative estimate of drug-likeness (QED) is 0.568. The number of benzene rings is 2. The highest BCUT2D eigenvalue weighted by Gasteiger charge is 2.07. The first-order valence-electron chi connectivity index (χ1n) is 4.84. The maximum atomic E-state index is 13.4. The molecule has 2 aromatic carbocycles. The summed E-state index contributed by atoms with van der Waals surface area (Å²) >= 11 is 5.30. The van der Waals surface area contributed by atoms with Crippen molar-refractivity contribution in [3.63, 3.8) is 0 Å². The van der Waals surface area contributed by atoms with Gasteiger partial charge in [0.15, 0.2) is 0 Å². The minimum absolute atomic E-state index is 0.340. The maximum absolute atomic E-state index is 13.4. The van der Waals surface area contributed by atoms with Crippen LogP contribution >= 0.6 is 38.5 Å². The molecule has 3 N–H and O–H groups in total. The zero-order valence-corrected chi connectivity index (χ0v) is 12.4. The largest absolute Gasteiger partial charge is 0.397 e. The maximum Gasteiger partial charge on any atom is 0.139 e. The summed E-state index contributed by atoms with van der Waals surface area (Å²) in [5.41, 5.74) is 7.79. The van der Waals surface area contributed by atoms with Crippen molar-refractivity contribution in [3.05, 3.63) is 50.3 Å². The first kappa shape index (κ1) is 12.6. The van der Waals surface area contributed by atoms with Crippen LogP contribution < -0.4 is 11.1 Å². The Balaban J connectivity index is 2.37. The molecule has 0 radical (unpaired) electrons. The van der Waals surface area contributed by atoms with E-state index in [9.17, 15) is 4.39 Å². The van der Waals surface area contributed by atoms with E-state index in [1.165, 1.54) is 6.07 Å². The molecular formula is C12H9BrFIN2. The fourth-order valence-electron chi connectivity index (χ4n) is 1.38. The van der Waals surface area contributed by atoms with Gasteiger partial charge in [-0.3, -0.25) is 0 Å². The fourth-order valence-corrected chi connectivity index (χ4v) is 2.26. The van der Waals surface area contributed by atoms with E-state index in [4.69, 9.17) is 5.73 Å². The molecule has 0 aliphatic heterocycles. The van der Waals surface area contributed by atoms with Gasteiger partial charge in [0.2, 0.25) is 0 Å². The minimum Gasteiger partial charge on any atom is -0.397 e. The van der Waals surface area contributed by atoms with Crippen molar-refractivity contribution in [1.82, 2.24) is 0 Å². The zero-order chi connectivity index (χ0) is 12.4. The van der Waals surface area contributed by atoms with Crippen molar-refractivity contribution >= 4 is 55.6 Å². The summed E-state index contributed by atoms with van der Waals surface area (Å²) in [6.07, 6.45) is 0. The van der Waals surface area contributed by atoms with Gasteiger partial charge >= 0.3 is 0 Å². The molecule has 0 atom stereocenters. The average molecular weight is 407 g/mol. The molecule has 88 valence electrons. The average Bonchev–Trinajstić information content (AvgIpc) is 2.29. The van der Waals surface area contributed by atoms with E-state index < -0.39 is 0 Å². The van der Waals surface area contributed by atoms with Gasteiger partial charge in [-0.25, -0.2) is 4.39 Å². The molecule has 0 unspecified atom stereocenters. The Kier molecular flexibility index (Phi) is 3.88. The second-order valence-corrected chi connectivity index (χ2v) is 5.47. The second kappa shape index (κ2) is 5.22. The minimum atomic E-state index is -0.340. The van der Waals surface area contributed by atoms with E-state index in [1.54, 1.807) is 6.07 Å². The Bertz CT molecular complexity index is 560. The normalized spacial score (nSPS) is 10.3. The zero-order valence-electron chi connectivity index (χ0n) is 8.68. The lowest BCUT2D eigenvalue weighted by molar-refractivity contribution is 0.622. The van der Waals surface area contributed by atoms with Gasteiger partial charge in [-0.1, -0.05) is 12.1 Å². The van der Waals surface area contributed by atoms with Gasteiger partial charge < -0.3 is 11.1 Å². The number of hydrogen-bond acceptors (Lipinski definition) is 2. The third-order valence-electron chi connectivity index (χ3n) is 2.24. The Morgan fingerprint density at radius 1 is 1.18 bits per heavy atom. The van der Waals surface area contributed by atoms with E-state index >= 15 is 0 Å². The molecule has 5 heteroatoms. The van der Waals surface area contributed by atoms with E-state index in [1.807, 2.05) is 24.3 Å². The van der Waals surface area contributed by atoms with Crippen LogP contribution in [0.2, 0.25) is 0 Å². The molecule has 0 aromatic heterocycles. The topological polar surface area (TPSA) is 38.0 Å². The van der Waals surface area contributed by atoms with Crippen LogP contribution in [-0.2, 0) is 0 Å². The molecule has 0 spiro atoms. The van der Waals surface area contributed by atoms with Crippen molar-refractivity contribution in [2.24, 2.45) is 0 Å². The number of anilines is 3. The van der Waals surface area contributed by atoms with Crippen molar-refractivity contribution in [1.29, 1.82) is 0 Å². The van der Waals surface area contributed by atoms with Crippen LogP contribution in [0.5, 0.6) is 0 Å². The number of nitrogen functional groups attached to an aromatic ring is 1. The highest BCUT2D eigenvalue weighted by molar-refractivity contribution is 14.1. The summed E-state index contributed by atoms with van der Waals surface area (Å²) in [6, 6.07) is 10.7. The monoisotopic (exact) mass is 406 g/mol. The molecule has 2 nitrogen and oxygen atoms in total. The molecule has 2 aromatic rings. The summed E-state index contributed by atoms with van der Waals surface area (Å²) in [6.45, 7) is 0. The van der Waals surface area contributed by atoms with Gasteiger partial charge in [0.05, 0.1) is 21.5 Å². The number of nitrogens with two attached hydrogens (primary N) is 1. The van der Waals surface area contributed by atoms with Gasteiger partial charge in [0, 0.05) is 9.64 Å². The molecular weight excluding hydrogens is 398 g/mol. The van der Waals surface area contributed by atoms with Crippen molar-refractivity contribution < 1.29 is 4.39 Å². The molecule has 17 heavy (non-hydrogen) atoms. The predicted octanol–water partition coefficient (Wildman–Crippen LogP) is 4.52.